The molecule has 0 saturated heterocycles. The number of hydrogen-bond acceptors (Lipinski definition) is 3. The zero-order chi connectivity index (χ0) is 18.4. The summed E-state index contributed by atoms with van der Waals surface area (Å²) < 4.78 is 5.22. The molecule has 0 aliphatic rings. The van der Waals surface area contributed by atoms with Crippen molar-refractivity contribution in [3.63, 3.8) is 0 Å². The van der Waals surface area contributed by atoms with Crippen LogP contribution in [0, 0.1) is 0 Å². The number of fused-ring (bicyclic) bond motifs is 1. The van der Waals surface area contributed by atoms with Crippen LogP contribution in [-0.2, 0) is 5.75 Å². The van der Waals surface area contributed by atoms with Gasteiger partial charge in [0.15, 0.2) is 0 Å². The zero-order valence-corrected chi connectivity index (χ0v) is 16.1. The number of ether oxygens (including phenoxy) is 1. The number of benzene rings is 3. The van der Waals surface area contributed by atoms with Crippen LogP contribution in [0.2, 0.25) is 5.02 Å². The molecular weight excluding hydrogens is 366 g/mol. The van der Waals surface area contributed by atoms with Gasteiger partial charge in [0, 0.05) is 23.1 Å². The van der Waals surface area contributed by atoms with Gasteiger partial charge in [0.25, 0.3) is 5.91 Å². The van der Waals surface area contributed by atoms with Gasteiger partial charge < -0.3 is 10.1 Å². The van der Waals surface area contributed by atoms with E-state index in [1.807, 2.05) is 0 Å². The highest BCUT2D eigenvalue weighted by Crippen LogP contribution is 2.23. The molecule has 3 aromatic carbocycles. The number of amides is 1. The molecule has 0 radical (unpaired) electrons. The average Bonchev–Trinajstić information content (AvgIpc) is 2.67. The Bertz CT molecular complexity index is 908. The third kappa shape index (κ3) is 4.51. The van der Waals surface area contributed by atoms with Crippen LogP contribution in [0.3, 0.4) is 0 Å². The van der Waals surface area contributed by atoms with Crippen molar-refractivity contribution in [3.8, 4) is 5.75 Å². The maximum absolute atomic E-state index is 12.3. The maximum Gasteiger partial charge on any atom is 0.255 e. The number of carbonyl (C=O) groups excluding carboxylic acids is 1. The molecule has 3 nitrogen and oxygen atoms in total. The molecule has 0 heterocycles. The first kappa shape index (κ1) is 18.6. The summed E-state index contributed by atoms with van der Waals surface area (Å²) in [5.41, 5.74) is 1.77. The third-order valence-electron chi connectivity index (χ3n) is 4.08. The Morgan fingerprint density at radius 2 is 1.92 bits per heavy atom. The lowest BCUT2D eigenvalue weighted by Crippen LogP contribution is -2.26. The number of hydrogen-bond donors (Lipinski definition) is 1. The topological polar surface area (TPSA) is 38.3 Å². The summed E-state index contributed by atoms with van der Waals surface area (Å²) in [4.78, 5) is 12.3. The molecule has 1 N–H and O–H groups in total. The van der Waals surface area contributed by atoms with E-state index in [4.69, 9.17) is 16.3 Å². The first-order chi connectivity index (χ1) is 12.7. The quantitative estimate of drug-likeness (QED) is 0.570. The lowest BCUT2D eigenvalue weighted by molar-refractivity contribution is 0.0953. The van der Waals surface area contributed by atoms with E-state index in [1.54, 1.807) is 37.1 Å². The van der Waals surface area contributed by atoms with Gasteiger partial charge in [-0.3, -0.25) is 4.79 Å². The van der Waals surface area contributed by atoms with Crippen molar-refractivity contribution in [2.45, 2.75) is 5.75 Å². The third-order valence-corrected chi connectivity index (χ3v) is 5.32. The lowest BCUT2D eigenvalue weighted by Gasteiger charge is -2.10. The minimum Gasteiger partial charge on any atom is -0.496 e. The molecule has 3 aromatic rings. The minimum atomic E-state index is -0.171. The van der Waals surface area contributed by atoms with Crippen LogP contribution in [0.25, 0.3) is 10.8 Å². The highest BCUT2D eigenvalue weighted by atomic mass is 35.5. The number of nitrogens with one attached hydrogen (secondary N) is 1. The summed E-state index contributed by atoms with van der Waals surface area (Å²) in [6, 6.07) is 19.8. The van der Waals surface area contributed by atoms with Gasteiger partial charge in [-0.25, -0.2) is 0 Å². The summed E-state index contributed by atoms with van der Waals surface area (Å²) in [6.07, 6.45) is 0. The Morgan fingerprint density at radius 3 is 2.77 bits per heavy atom. The van der Waals surface area contributed by atoms with Gasteiger partial charge in [0.2, 0.25) is 0 Å². The largest absolute Gasteiger partial charge is 0.496 e. The minimum absolute atomic E-state index is 0.171. The normalized spacial score (nSPS) is 10.7. The van der Waals surface area contributed by atoms with Crippen molar-refractivity contribution in [2.75, 3.05) is 19.4 Å². The summed E-state index contributed by atoms with van der Waals surface area (Å²) in [7, 11) is 1.54. The smallest absolute Gasteiger partial charge is 0.255 e. The van der Waals surface area contributed by atoms with Crippen LogP contribution in [0.4, 0.5) is 0 Å². The SMILES string of the molecule is COc1ccc(Cl)cc1C(=O)NCCSCc1cccc2ccccc12. The Morgan fingerprint density at radius 1 is 1.12 bits per heavy atom. The standard InChI is InChI=1S/C21H20ClNO2S/c1-25-20-10-9-17(22)13-19(20)21(24)23-11-12-26-14-16-7-4-6-15-5-2-3-8-18(15)16/h2-10,13H,11-12,14H2,1H3,(H,23,24). The molecular formula is C21H20ClNO2S. The maximum atomic E-state index is 12.3. The zero-order valence-electron chi connectivity index (χ0n) is 14.5. The highest BCUT2D eigenvalue weighted by molar-refractivity contribution is 7.98. The Hall–Kier alpha value is -2.17. The van der Waals surface area contributed by atoms with Gasteiger partial charge in [-0.2, -0.15) is 11.8 Å². The van der Waals surface area contributed by atoms with E-state index in [1.165, 1.54) is 16.3 Å². The Kier molecular flexibility index (Phi) is 6.42. The van der Waals surface area contributed by atoms with Crippen molar-refractivity contribution in [3.05, 3.63) is 76.8 Å². The van der Waals surface area contributed by atoms with E-state index >= 15 is 0 Å². The first-order valence-corrected chi connectivity index (χ1v) is 9.88. The molecule has 0 saturated carbocycles. The van der Waals surface area contributed by atoms with Gasteiger partial charge in [0.1, 0.15) is 5.75 Å². The second-order valence-corrected chi connectivity index (χ2v) is 7.33. The molecule has 5 heteroatoms. The second-order valence-electron chi connectivity index (χ2n) is 5.79. The number of thioether (sulfide) groups is 1. The Balaban J connectivity index is 1.51. The monoisotopic (exact) mass is 385 g/mol. The van der Waals surface area contributed by atoms with Crippen molar-refractivity contribution in [1.29, 1.82) is 0 Å². The molecule has 1 amide bonds. The average molecular weight is 386 g/mol. The molecule has 134 valence electrons. The second kappa shape index (κ2) is 8.97. The molecule has 0 spiro atoms. The van der Waals surface area contributed by atoms with E-state index < -0.39 is 0 Å². The molecule has 0 aliphatic heterocycles. The summed E-state index contributed by atoms with van der Waals surface area (Å²) in [6.45, 7) is 0.587. The van der Waals surface area contributed by atoms with E-state index in [0.717, 1.165) is 11.5 Å². The van der Waals surface area contributed by atoms with Crippen molar-refractivity contribution < 1.29 is 9.53 Å². The van der Waals surface area contributed by atoms with Gasteiger partial charge in [0.05, 0.1) is 12.7 Å². The molecule has 0 aromatic heterocycles. The van der Waals surface area contributed by atoms with Crippen LogP contribution < -0.4 is 10.1 Å². The van der Waals surface area contributed by atoms with Crippen LogP contribution in [-0.4, -0.2) is 25.3 Å². The van der Waals surface area contributed by atoms with Crippen molar-refractivity contribution in [1.82, 2.24) is 5.32 Å². The summed E-state index contributed by atoms with van der Waals surface area (Å²) in [5.74, 6) is 2.10. The van der Waals surface area contributed by atoms with Gasteiger partial charge in [-0.1, -0.05) is 54.1 Å². The molecule has 0 unspecified atom stereocenters. The van der Waals surface area contributed by atoms with E-state index in [-0.39, 0.29) is 5.91 Å². The fourth-order valence-electron chi connectivity index (χ4n) is 2.79. The van der Waals surface area contributed by atoms with Crippen LogP contribution in [0.5, 0.6) is 5.75 Å². The summed E-state index contributed by atoms with van der Waals surface area (Å²) >= 11 is 7.78. The van der Waals surface area contributed by atoms with Gasteiger partial charge in [-0.05, 0) is 34.5 Å². The Labute approximate surface area is 162 Å². The van der Waals surface area contributed by atoms with Gasteiger partial charge in [-0.15, -0.1) is 0 Å². The van der Waals surface area contributed by atoms with Crippen molar-refractivity contribution >= 4 is 40.0 Å². The van der Waals surface area contributed by atoms with E-state index in [0.29, 0.717) is 22.9 Å². The number of methoxy groups -OCH3 is 1. The number of rotatable bonds is 7. The van der Waals surface area contributed by atoms with Gasteiger partial charge >= 0.3 is 0 Å². The van der Waals surface area contributed by atoms with Crippen LogP contribution >= 0.6 is 23.4 Å². The molecule has 0 bridgehead atoms. The predicted molar refractivity (Wildman–Crippen MR) is 110 cm³/mol. The molecule has 0 aliphatic carbocycles. The van der Waals surface area contributed by atoms with E-state index in [2.05, 4.69) is 47.8 Å². The number of carbonyl (C=O) groups is 1. The lowest BCUT2D eigenvalue weighted by atomic mass is 10.1. The molecule has 3 rings (SSSR count). The molecule has 0 fully saturated rings. The fourth-order valence-corrected chi connectivity index (χ4v) is 3.82. The van der Waals surface area contributed by atoms with Crippen LogP contribution in [0.15, 0.2) is 60.7 Å². The van der Waals surface area contributed by atoms with Crippen LogP contribution in [0.1, 0.15) is 15.9 Å². The number of halogens is 1. The first-order valence-electron chi connectivity index (χ1n) is 8.35. The van der Waals surface area contributed by atoms with Crippen molar-refractivity contribution in [2.24, 2.45) is 0 Å². The highest BCUT2D eigenvalue weighted by Gasteiger charge is 2.12. The predicted octanol–water partition coefficient (Wildman–Crippen LogP) is 5.17. The summed E-state index contributed by atoms with van der Waals surface area (Å²) in [5, 5.41) is 5.98. The van der Waals surface area contributed by atoms with E-state index in [9.17, 15) is 4.79 Å². The fraction of sp³-hybridized carbons (Fsp3) is 0.190. The molecule has 0 atom stereocenters. The molecule has 26 heavy (non-hydrogen) atoms.